The van der Waals surface area contributed by atoms with Gasteiger partial charge in [-0.15, -0.1) is 5.10 Å². The van der Waals surface area contributed by atoms with Crippen LogP contribution in [0.1, 0.15) is 16.1 Å². The first kappa shape index (κ1) is 17.0. The SMILES string of the molecule is O=C(Nc1ncn(Cc2ccc(Cl)cc2)n1)c1cc(-c2ccccc2)on1. The van der Waals surface area contributed by atoms with Crippen LogP contribution in [0.2, 0.25) is 5.02 Å². The number of nitrogens with zero attached hydrogens (tertiary/aromatic N) is 4. The third-order valence-corrected chi connectivity index (χ3v) is 4.07. The molecule has 0 radical (unpaired) electrons. The first-order chi connectivity index (χ1) is 13.2. The van der Waals surface area contributed by atoms with Gasteiger partial charge in [-0.3, -0.25) is 10.1 Å². The lowest BCUT2D eigenvalue weighted by Gasteiger charge is -2.01. The van der Waals surface area contributed by atoms with Crippen LogP contribution in [0.4, 0.5) is 5.95 Å². The zero-order chi connectivity index (χ0) is 18.6. The Kier molecular flexibility index (Phi) is 4.67. The van der Waals surface area contributed by atoms with Crippen LogP contribution in [0.3, 0.4) is 0 Å². The maximum Gasteiger partial charge on any atom is 0.280 e. The molecule has 7 nitrogen and oxygen atoms in total. The quantitative estimate of drug-likeness (QED) is 0.568. The van der Waals surface area contributed by atoms with Crippen molar-refractivity contribution in [3.63, 3.8) is 0 Å². The summed E-state index contributed by atoms with van der Waals surface area (Å²) in [4.78, 5) is 16.4. The number of hydrogen-bond donors (Lipinski definition) is 1. The number of rotatable bonds is 5. The fourth-order valence-corrected chi connectivity index (χ4v) is 2.62. The number of carbonyl (C=O) groups is 1. The van der Waals surface area contributed by atoms with Crippen molar-refractivity contribution in [1.82, 2.24) is 19.9 Å². The van der Waals surface area contributed by atoms with Crippen LogP contribution in [-0.2, 0) is 6.54 Å². The molecule has 0 saturated carbocycles. The molecule has 0 aliphatic heterocycles. The summed E-state index contributed by atoms with van der Waals surface area (Å²) in [6.45, 7) is 0.516. The minimum absolute atomic E-state index is 0.155. The maximum absolute atomic E-state index is 12.3. The van der Waals surface area contributed by atoms with Crippen LogP contribution in [0.15, 0.2) is 71.5 Å². The Morgan fingerprint density at radius 2 is 1.89 bits per heavy atom. The van der Waals surface area contributed by atoms with Gasteiger partial charge in [0.05, 0.1) is 6.54 Å². The lowest BCUT2D eigenvalue weighted by Crippen LogP contribution is -2.13. The smallest absolute Gasteiger partial charge is 0.280 e. The molecule has 2 aromatic carbocycles. The molecule has 4 rings (SSSR count). The van der Waals surface area contributed by atoms with E-state index in [1.54, 1.807) is 17.1 Å². The van der Waals surface area contributed by atoms with Crippen molar-refractivity contribution in [2.75, 3.05) is 5.32 Å². The Labute approximate surface area is 159 Å². The molecule has 27 heavy (non-hydrogen) atoms. The number of amides is 1. The number of anilines is 1. The van der Waals surface area contributed by atoms with E-state index in [1.165, 1.54) is 0 Å². The normalized spacial score (nSPS) is 10.7. The van der Waals surface area contributed by atoms with Crippen LogP contribution < -0.4 is 5.32 Å². The second-order valence-corrected chi connectivity index (χ2v) is 6.23. The third-order valence-electron chi connectivity index (χ3n) is 3.82. The Bertz CT molecular complexity index is 1060. The summed E-state index contributed by atoms with van der Waals surface area (Å²) in [5, 5.41) is 11.3. The van der Waals surface area contributed by atoms with Crippen molar-refractivity contribution in [3.8, 4) is 11.3 Å². The lowest BCUT2D eigenvalue weighted by atomic mass is 10.1. The topological polar surface area (TPSA) is 85.8 Å². The summed E-state index contributed by atoms with van der Waals surface area (Å²) in [5.41, 5.74) is 2.02. The molecule has 1 amide bonds. The van der Waals surface area contributed by atoms with E-state index in [0.717, 1.165) is 11.1 Å². The molecule has 134 valence electrons. The first-order valence-corrected chi connectivity index (χ1v) is 8.52. The van der Waals surface area contributed by atoms with E-state index in [9.17, 15) is 4.79 Å². The molecular weight excluding hydrogens is 366 g/mol. The molecule has 0 aliphatic carbocycles. The molecule has 2 aromatic heterocycles. The number of hydrogen-bond acceptors (Lipinski definition) is 5. The van der Waals surface area contributed by atoms with Crippen LogP contribution in [0.5, 0.6) is 0 Å². The number of nitrogens with one attached hydrogen (secondary N) is 1. The second-order valence-electron chi connectivity index (χ2n) is 5.79. The van der Waals surface area contributed by atoms with Gasteiger partial charge in [0.1, 0.15) is 6.33 Å². The number of benzene rings is 2. The Balaban J connectivity index is 1.42. The van der Waals surface area contributed by atoms with Gasteiger partial charge < -0.3 is 4.52 Å². The van der Waals surface area contributed by atoms with Crippen molar-refractivity contribution in [2.24, 2.45) is 0 Å². The number of aromatic nitrogens is 4. The fraction of sp³-hybridized carbons (Fsp3) is 0.0526. The fourth-order valence-electron chi connectivity index (χ4n) is 2.49. The molecule has 0 aliphatic rings. The van der Waals surface area contributed by atoms with E-state index < -0.39 is 5.91 Å². The highest BCUT2D eigenvalue weighted by Crippen LogP contribution is 2.20. The molecular formula is C19H14ClN5O2. The van der Waals surface area contributed by atoms with Crippen molar-refractivity contribution >= 4 is 23.5 Å². The van der Waals surface area contributed by atoms with Crippen molar-refractivity contribution in [2.45, 2.75) is 6.54 Å². The van der Waals surface area contributed by atoms with E-state index in [4.69, 9.17) is 16.1 Å². The van der Waals surface area contributed by atoms with E-state index in [0.29, 0.717) is 17.3 Å². The van der Waals surface area contributed by atoms with Gasteiger partial charge in [0, 0.05) is 16.7 Å². The predicted octanol–water partition coefficient (Wildman–Crippen LogP) is 3.89. The van der Waals surface area contributed by atoms with Gasteiger partial charge in [-0.2, -0.15) is 0 Å². The molecule has 0 bridgehead atoms. The average molecular weight is 380 g/mol. The van der Waals surface area contributed by atoms with Crippen LogP contribution in [0, 0.1) is 0 Å². The molecule has 8 heteroatoms. The van der Waals surface area contributed by atoms with Crippen molar-refractivity contribution in [1.29, 1.82) is 0 Å². The summed E-state index contributed by atoms with van der Waals surface area (Å²) in [6.07, 6.45) is 1.54. The van der Waals surface area contributed by atoms with E-state index in [2.05, 4.69) is 20.6 Å². The zero-order valence-electron chi connectivity index (χ0n) is 14.0. The summed E-state index contributed by atoms with van der Waals surface area (Å²) in [5.74, 6) is 0.269. The molecule has 0 saturated heterocycles. The average Bonchev–Trinajstić information content (AvgIpc) is 3.34. The van der Waals surface area contributed by atoms with Gasteiger partial charge in [0.2, 0.25) is 5.95 Å². The second kappa shape index (κ2) is 7.43. The highest BCUT2D eigenvalue weighted by Gasteiger charge is 2.15. The van der Waals surface area contributed by atoms with Gasteiger partial charge in [-0.1, -0.05) is 59.2 Å². The molecule has 0 atom stereocenters. The number of carbonyl (C=O) groups excluding carboxylic acids is 1. The number of halogens is 1. The maximum atomic E-state index is 12.3. The third kappa shape index (κ3) is 4.04. The first-order valence-electron chi connectivity index (χ1n) is 8.15. The van der Waals surface area contributed by atoms with Crippen LogP contribution >= 0.6 is 11.6 Å². The van der Waals surface area contributed by atoms with Gasteiger partial charge in [0.25, 0.3) is 5.91 Å². The molecule has 0 spiro atoms. The molecule has 0 fully saturated rings. The van der Waals surface area contributed by atoms with Gasteiger partial charge in [-0.05, 0) is 17.7 Å². The lowest BCUT2D eigenvalue weighted by molar-refractivity contribution is 0.101. The molecule has 2 heterocycles. The van der Waals surface area contributed by atoms with E-state index >= 15 is 0 Å². The monoisotopic (exact) mass is 379 g/mol. The summed E-state index contributed by atoms with van der Waals surface area (Å²) < 4.78 is 6.86. The van der Waals surface area contributed by atoms with E-state index in [-0.39, 0.29) is 11.6 Å². The van der Waals surface area contributed by atoms with Crippen molar-refractivity contribution < 1.29 is 9.32 Å². The highest BCUT2D eigenvalue weighted by molar-refractivity contribution is 6.30. The van der Waals surface area contributed by atoms with Gasteiger partial charge >= 0.3 is 0 Å². The van der Waals surface area contributed by atoms with E-state index in [1.807, 2.05) is 54.6 Å². The Hall–Kier alpha value is -3.45. The largest absolute Gasteiger partial charge is 0.355 e. The van der Waals surface area contributed by atoms with Gasteiger partial charge in [-0.25, -0.2) is 9.67 Å². The molecule has 0 unspecified atom stereocenters. The molecule has 4 aromatic rings. The minimum atomic E-state index is -0.440. The zero-order valence-corrected chi connectivity index (χ0v) is 14.8. The molecule has 1 N–H and O–H groups in total. The standard InChI is InChI=1S/C19H14ClN5O2/c20-15-8-6-13(7-9-15)11-25-12-21-19(23-25)22-18(26)16-10-17(27-24-16)14-4-2-1-3-5-14/h1-10,12H,11H2,(H,22,23,26). The Morgan fingerprint density at radius 1 is 1.11 bits per heavy atom. The summed E-state index contributed by atoms with van der Waals surface area (Å²) in [7, 11) is 0. The van der Waals surface area contributed by atoms with Gasteiger partial charge in [0.15, 0.2) is 11.5 Å². The Morgan fingerprint density at radius 3 is 2.67 bits per heavy atom. The summed E-state index contributed by atoms with van der Waals surface area (Å²) in [6, 6.07) is 18.4. The van der Waals surface area contributed by atoms with Crippen molar-refractivity contribution in [3.05, 3.63) is 83.3 Å². The minimum Gasteiger partial charge on any atom is -0.355 e. The van der Waals surface area contributed by atoms with Crippen LogP contribution in [0.25, 0.3) is 11.3 Å². The summed E-state index contributed by atoms with van der Waals surface area (Å²) >= 11 is 5.88. The predicted molar refractivity (Wildman–Crippen MR) is 100 cm³/mol. The highest BCUT2D eigenvalue weighted by atomic mass is 35.5. The van der Waals surface area contributed by atoms with Crippen LogP contribution in [-0.4, -0.2) is 25.8 Å².